The molecule has 1 unspecified atom stereocenters. The molecule has 1 heterocycles. The summed E-state index contributed by atoms with van der Waals surface area (Å²) in [6.45, 7) is 3.75. The van der Waals surface area contributed by atoms with E-state index in [4.69, 9.17) is 5.26 Å². The van der Waals surface area contributed by atoms with Gasteiger partial charge in [-0.1, -0.05) is 0 Å². The minimum Gasteiger partial charge on any atom is -0.383 e. The molecule has 74 valence electrons. The Kier molecular flexibility index (Phi) is 1.95. The Morgan fingerprint density at radius 3 is 2.64 bits per heavy atom. The van der Waals surface area contributed by atoms with Gasteiger partial charge >= 0.3 is 0 Å². The van der Waals surface area contributed by atoms with Gasteiger partial charge in [0.1, 0.15) is 5.60 Å². The van der Waals surface area contributed by atoms with E-state index in [-0.39, 0.29) is 0 Å². The van der Waals surface area contributed by atoms with Gasteiger partial charge in [-0.25, -0.2) is 0 Å². The highest BCUT2D eigenvalue weighted by molar-refractivity contribution is 7.10. The first-order valence-corrected chi connectivity index (χ1v) is 5.60. The van der Waals surface area contributed by atoms with Gasteiger partial charge in [0.05, 0.1) is 11.5 Å². The number of nitriles is 1. The fourth-order valence-corrected chi connectivity index (χ4v) is 3.01. The van der Waals surface area contributed by atoms with Crippen LogP contribution in [-0.4, -0.2) is 5.11 Å². The van der Waals surface area contributed by atoms with Crippen LogP contribution >= 0.6 is 11.3 Å². The molecule has 0 aromatic carbocycles. The lowest BCUT2D eigenvalue weighted by Crippen LogP contribution is -2.32. The van der Waals surface area contributed by atoms with Crippen molar-refractivity contribution in [2.75, 3.05) is 0 Å². The first-order valence-electron chi connectivity index (χ1n) is 4.72. The van der Waals surface area contributed by atoms with Crippen LogP contribution in [0.25, 0.3) is 0 Å². The van der Waals surface area contributed by atoms with Crippen molar-refractivity contribution in [3.05, 3.63) is 21.9 Å². The van der Waals surface area contributed by atoms with Crippen molar-refractivity contribution in [2.24, 2.45) is 5.41 Å². The highest BCUT2D eigenvalue weighted by atomic mass is 32.1. The van der Waals surface area contributed by atoms with Gasteiger partial charge < -0.3 is 5.11 Å². The number of hydrogen-bond donors (Lipinski definition) is 1. The average Bonchev–Trinajstić information content (AvgIpc) is 2.84. The third-order valence-electron chi connectivity index (χ3n) is 3.20. The lowest BCUT2D eigenvalue weighted by molar-refractivity contribution is 0.00717. The van der Waals surface area contributed by atoms with Gasteiger partial charge in [-0.15, -0.1) is 11.3 Å². The highest BCUT2D eigenvalue weighted by Gasteiger charge is 2.58. The van der Waals surface area contributed by atoms with Crippen LogP contribution in [0.3, 0.4) is 0 Å². The summed E-state index contributed by atoms with van der Waals surface area (Å²) in [5, 5.41) is 21.5. The summed E-state index contributed by atoms with van der Waals surface area (Å²) >= 11 is 1.54. The second-order valence-electron chi connectivity index (χ2n) is 4.20. The molecule has 1 aromatic rings. The monoisotopic (exact) mass is 207 g/mol. The van der Waals surface area contributed by atoms with Gasteiger partial charge in [-0.2, -0.15) is 5.26 Å². The number of nitrogens with zero attached hydrogens (tertiary/aromatic N) is 1. The molecule has 3 heteroatoms. The van der Waals surface area contributed by atoms with E-state index in [1.807, 2.05) is 18.4 Å². The summed E-state index contributed by atoms with van der Waals surface area (Å²) < 4.78 is 0. The topological polar surface area (TPSA) is 44.0 Å². The van der Waals surface area contributed by atoms with Gasteiger partial charge in [0, 0.05) is 4.88 Å². The van der Waals surface area contributed by atoms with Gasteiger partial charge in [-0.05, 0) is 43.7 Å². The number of hydrogen-bond acceptors (Lipinski definition) is 3. The zero-order valence-electron chi connectivity index (χ0n) is 8.37. The number of aryl methyl sites for hydroxylation is 1. The van der Waals surface area contributed by atoms with E-state index in [2.05, 4.69) is 6.07 Å². The van der Waals surface area contributed by atoms with Crippen molar-refractivity contribution in [1.82, 2.24) is 0 Å². The van der Waals surface area contributed by atoms with E-state index >= 15 is 0 Å². The standard InChI is InChI=1S/C11H13NOS/c1-8-3-6-14-9(8)10(2,13)11(7-12)4-5-11/h3,6,13H,4-5H2,1-2H3. The van der Waals surface area contributed by atoms with Crippen LogP contribution in [-0.2, 0) is 5.60 Å². The molecule has 2 nitrogen and oxygen atoms in total. The van der Waals surface area contributed by atoms with E-state index in [1.54, 1.807) is 6.92 Å². The normalized spacial score (nSPS) is 22.4. The zero-order valence-corrected chi connectivity index (χ0v) is 9.19. The van der Waals surface area contributed by atoms with Crippen LogP contribution in [0.1, 0.15) is 30.2 Å². The summed E-state index contributed by atoms with van der Waals surface area (Å²) in [5.41, 5.74) is -0.413. The molecule has 0 aliphatic heterocycles. The first kappa shape index (κ1) is 9.70. The Labute approximate surface area is 87.8 Å². The van der Waals surface area contributed by atoms with Gasteiger partial charge in [-0.3, -0.25) is 0 Å². The van der Waals surface area contributed by atoms with Gasteiger partial charge in [0.25, 0.3) is 0 Å². The second kappa shape index (κ2) is 2.82. The molecule has 0 radical (unpaired) electrons. The smallest absolute Gasteiger partial charge is 0.115 e. The fourth-order valence-electron chi connectivity index (χ4n) is 1.92. The Bertz CT molecular complexity index is 396. The molecule has 1 atom stereocenters. The van der Waals surface area contributed by atoms with Crippen molar-refractivity contribution in [3.8, 4) is 6.07 Å². The number of aliphatic hydroxyl groups is 1. The van der Waals surface area contributed by atoms with Crippen molar-refractivity contribution in [3.63, 3.8) is 0 Å². The minimum absolute atomic E-state index is 0.525. The quantitative estimate of drug-likeness (QED) is 0.810. The third-order valence-corrected chi connectivity index (χ3v) is 4.43. The molecule has 1 N–H and O–H groups in total. The van der Waals surface area contributed by atoms with Crippen LogP contribution < -0.4 is 0 Å². The Hall–Kier alpha value is -0.850. The Morgan fingerprint density at radius 1 is 1.64 bits per heavy atom. The van der Waals surface area contributed by atoms with E-state index in [0.29, 0.717) is 0 Å². The molecule has 14 heavy (non-hydrogen) atoms. The van der Waals surface area contributed by atoms with E-state index < -0.39 is 11.0 Å². The summed E-state index contributed by atoms with van der Waals surface area (Å²) in [6.07, 6.45) is 1.63. The second-order valence-corrected chi connectivity index (χ2v) is 5.11. The lowest BCUT2D eigenvalue weighted by atomic mass is 9.84. The lowest BCUT2D eigenvalue weighted by Gasteiger charge is -2.28. The predicted molar refractivity (Wildman–Crippen MR) is 55.9 cm³/mol. The van der Waals surface area contributed by atoms with Gasteiger partial charge in [0.15, 0.2) is 0 Å². The van der Waals surface area contributed by atoms with Crippen LogP contribution in [0, 0.1) is 23.7 Å². The molecule has 0 saturated heterocycles. The first-order chi connectivity index (χ1) is 6.53. The molecule has 1 saturated carbocycles. The largest absolute Gasteiger partial charge is 0.383 e. The maximum Gasteiger partial charge on any atom is 0.115 e. The summed E-state index contributed by atoms with van der Waals surface area (Å²) in [5.74, 6) is 0. The molecule has 1 fully saturated rings. The third kappa shape index (κ3) is 1.11. The van der Waals surface area contributed by atoms with E-state index in [0.717, 1.165) is 23.3 Å². The van der Waals surface area contributed by atoms with Crippen LogP contribution in [0.2, 0.25) is 0 Å². The molecule has 0 bridgehead atoms. The number of thiophene rings is 1. The Morgan fingerprint density at radius 2 is 2.29 bits per heavy atom. The molecule has 2 rings (SSSR count). The molecule has 1 aliphatic rings. The highest BCUT2D eigenvalue weighted by Crippen LogP contribution is 2.58. The molecule has 0 spiro atoms. The molecular weight excluding hydrogens is 194 g/mol. The maximum absolute atomic E-state index is 10.4. The van der Waals surface area contributed by atoms with Crippen LogP contribution in [0.4, 0.5) is 0 Å². The molecule has 1 aromatic heterocycles. The Balaban J connectivity index is 2.44. The van der Waals surface area contributed by atoms with E-state index in [1.165, 1.54) is 11.3 Å². The average molecular weight is 207 g/mol. The van der Waals surface area contributed by atoms with Gasteiger partial charge in [0.2, 0.25) is 0 Å². The van der Waals surface area contributed by atoms with Crippen molar-refractivity contribution in [2.45, 2.75) is 32.3 Å². The van der Waals surface area contributed by atoms with E-state index in [9.17, 15) is 5.11 Å². The summed E-state index contributed by atoms with van der Waals surface area (Å²) in [4.78, 5) is 0.941. The predicted octanol–water partition coefficient (Wildman–Crippen LogP) is 2.57. The molecule has 0 amide bonds. The molecule has 1 aliphatic carbocycles. The molecular formula is C11H13NOS. The zero-order chi connectivity index (χ0) is 10.4. The number of rotatable bonds is 2. The summed E-state index contributed by atoms with van der Waals surface area (Å²) in [6, 6.07) is 4.25. The van der Waals surface area contributed by atoms with Crippen LogP contribution in [0.15, 0.2) is 11.4 Å². The van der Waals surface area contributed by atoms with Crippen molar-refractivity contribution < 1.29 is 5.11 Å². The SMILES string of the molecule is Cc1ccsc1C(C)(O)C1(C#N)CC1. The van der Waals surface area contributed by atoms with Crippen molar-refractivity contribution in [1.29, 1.82) is 5.26 Å². The summed E-state index contributed by atoms with van der Waals surface area (Å²) in [7, 11) is 0. The maximum atomic E-state index is 10.4. The fraction of sp³-hybridized carbons (Fsp3) is 0.545. The van der Waals surface area contributed by atoms with Crippen molar-refractivity contribution >= 4 is 11.3 Å². The minimum atomic E-state index is -0.972. The van der Waals surface area contributed by atoms with Crippen LogP contribution in [0.5, 0.6) is 0 Å².